The molecule has 3 rings (SSSR count). The summed E-state index contributed by atoms with van der Waals surface area (Å²) >= 11 is 0. The SMILES string of the molecule is COCn1cccc1-c1nnc2cccnn12. The standard InChI is InChI=1S/C11H11N5O/c1-17-8-15-7-3-4-9(15)11-14-13-10-5-2-6-12-16(10)11/h2-7H,8H2,1H3. The normalized spacial score (nSPS) is 11.1. The molecule has 0 saturated heterocycles. The summed E-state index contributed by atoms with van der Waals surface area (Å²) in [4.78, 5) is 0. The summed E-state index contributed by atoms with van der Waals surface area (Å²) in [5.74, 6) is 0.711. The van der Waals surface area contributed by atoms with Gasteiger partial charge in [-0.1, -0.05) is 0 Å². The highest BCUT2D eigenvalue weighted by Crippen LogP contribution is 2.17. The van der Waals surface area contributed by atoms with Gasteiger partial charge >= 0.3 is 0 Å². The highest BCUT2D eigenvalue weighted by molar-refractivity contribution is 5.55. The van der Waals surface area contributed by atoms with Crippen LogP contribution in [0, 0.1) is 0 Å². The molecule has 0 spiro atoms. The van der Waals surface area contributed by atoms with Crippen molar-refractivity contribution in [1.29, 1.82) is 0 Å². The summed E-state index contributed by atoms with van der Waals surface area (Å²) < 4.78 is 8.78. The van der Waals surface area contributed by atoms with Crippen molar-refractivity contribution in [1.82, 2.24) is 24.4 Å². The van der Waals surface area contributed by atoms with Crippen LogP contribution in [0.3, 0.4) is 0 Å². The molecule has 17 heavy (non-hydrogen) atoms. The Morgan fingerprint density at radius 3 is 3.06 bits per heavy atom. The number of ether oxygens (including phenoxy) is 1. The Morgan fingerprint density at radius 1 is 1.24 bits per heavy atom. The van der Waals surface area contributed by atoms with Gasteiger partial charge in [0.25, 0.3) is 0 Å². The molecule has 3 aromatic heterocycles. The fraction of sp³-hybridized carbons (Fsp3) is 0.182. The van der Waals surface area contributed by atoms with Crippen molar-refractivity contribution in [2.75, 3.05) is 7.11 Å². The zero-order valence-corrected chi connectivity index (χ0v) is 9.32. The fourth-order valence-electron chi connectivity index (χ4n) is 1.77. The zero-order chi connectivity index (χ0) is 11.7. The van der Waals surface area contributed by atoms with Crippen LogP contribution in [0.25, 0.3) is 17.2 Å². The van der Waals surface area contributed by atoms with Gasteiger partial charge in [0.2, 0.25) is 5.82 Å². The van der Waals surface area contributed by atoms with E-state index in [1.807, 2.05) is 35.0 Å². The average Bonchev–Trinajstić information content (AvgIpc) is 2.95. The first kappa shape index (κ1) is 9.98. The second kappa shape index (κ2) is 3.99. The van der Waals surface area contributed by atoms with Crippen molar-refractivity contribution in [3.8, 4) is 11.5 Å². The van der Waals surface area contributed by atoms with E-state index in [0.29, 0.717) is 12.6 Å². The third-order valence-electron chi connectivity index (χ3n) is 2.51. The summed E-state index contributed by atoms with van der Waals surface area (Å²) in [6.45, 7) is 0.476. The number of hydrogen-bond acceptors (Lipinski definition) is 4. The molecule has 0 radical (unpaired) electrons. The van der Waals surface area contributed by atoms with Crippen LogP contribution in [-0.4, -0.2) is 31.5 Å². The molecule has 0 N–H and O–H groups in total. The largest absolute Gasteiger partial charge is 0.364 e. The Hall–Kier alpha value is -2.21. The van der Waals surface area contributed by atoms with Gasteiger partial charge in [0.15, 0.2) is 5.65 Å². The lowest BCUT2D eigenvalue weighted by molar-refractivity contribution is 0.132. The molecule has 0 unspecified atom stereocenters. The van der Waals surface area contributed by atoms with E-state index in [1.165, 1.54) is 0 Å². The maximum absolute atomic E-state index is 5.12. The van der Waals surface area contributed by atoms with Crippen LogP contribution >= 0.6 is 0 Å². The Morgan fingerprint density at radius 2 is 2.18 bits per heavy atom. The molecule has 6 heteroatoms. The van der Waals surface area contributed by atoms with E-state index in [4.69, 9.17) is 4.74 Å². The van der Waals surface area contributed by atoms with E-state index in [0.717, 1.165) is 11.3 Å². The van der Waals surface area contributed by atoms with Crippen LogP contribution < -0.4 is 0 Å². The van der Waals surface area contributed by atoms with Gasteiger partial charge in [-0.3, -0.25) is 0 Å². The smallest absolute Gasteiger partial charge is 0.201 e. The average molecular weight is 229 g/mol. The van der Waals surface area contributed by atoms with Crippen LogP contribution in [0.1, 0.15) is 0 Å². The predicted octanol–water partition coefficient (Wildman–Crippen LogP) is 1.20. The first-order chi connectivity index (χ1) is 8.40. The summed E-state index contributed by atoms with van der Waals surface area (Å²) in [7, 11) is 1.66. The van der Waals surface area contributed by atoms with Crippen LogP contribution in [0.15, 0.2) is 36.7 Å². The Labute approximate surface area is 97.5 Å². The van der Waals surface area contributed by atoms with Gasteiger partial charge in [-0.25, -0.2) is 0 Å². The first-order valence-electron chi connectivity index (χ1n) is 5.21. The molecule has 3 heterocycles. The number of hydrogen-bond donors (Lipinski definition) is 0. The second-order valence-electron chi connectivity index (χ2n) is 3.60. The number of nitrogens with zero attached hydrogens (tertiary/aromatic N) is 5. The molecular formula is C11H11N5O. The lowest BCUT2D eigenvalue weighted by Gasteiger charge is -2.05. The summed E-state index contributed by atoms with van der Waals surface area (Å²) in [5.41, 5.74) is 1.66. The highest BCUT2D eigenvalue weighted by atomic mass is 16.5. The van der Waals surface area contributed by atoms with E-state index in [-0.39, 0.29) is 0 Å². The van der Waals surface area contributed by atoms with E-state index >= 15 is 0 Å². The topological polar surface area (TPSA) is 57.2 Å². The van der Waals surface area contributed by atoms with Crippen molar-refractivity contribution in [2.24, 2.45) is 0 Å². The monoisotopic (exact) mass is 229 g/mol. The Balaban J connectivity index is 2.17. The molecule has 0 aliphatic carbocycles. The van der Waals surface area contributed by atoms with E-state index in [1.54, 1.807) is 17.8 Å². The molecule has 86 valence electrons. The molecule has 0 amide bonds. The lowest BCUT2D eigenvalue weighted by atomic mass is 10.4. The molecule has 0 aliphatic heterocycles. The molecule has 0 aromatic carbocycles. The number of aromatic nitrogens is 5. The second-order valence-corrected chi connectivity index (χ2v) is 3.60. The van der Waals surface area contributed by atoms with Crippen LogP contribution in [0.2, 0.25) is 0 Å². The number of methoxy groups -OCH3 is 1. The zero-order valence-electron chi connectivity index (χ0n) is 9.32. The molecule has 6 nitrogen and oxygen atoms in total. The quantitative estimate of drug-likeness (QED) is 0.677. The minimum atomic E-state index is 0.476. The van der Waals surface area contributed by atoms with Crippen molar-refractivity contribution in [3.05, 3.63) is 36.7 Å². The first-order valence-corrected chi connectivity index (χ1v) is 5.21. The van der Waals surface area contributed by atoms with Gasteiger partial charge in [-0.15, -0.1) is 10.2 Å². The summed E-state index contributed by atoms with van der Waals surface area (Å²) in [5, 5.41) is 12.5. The van der Waals surface area contributed by atoms with Gasteiger partial charge in [0.1, 0.15) is 6.73 Å². The van der Waals surface area contributed by atoms with E-state index in [9.17, 15) is 0 Å². The maximum atomic E-state index is 5.12. The molecule has 0 aliphatic rings. The molecule has 0 atom stereocenters. The van der Waals surface area contributed by atoms with E-state index in [2.05, 4.69) is 15.3 Å². The maximum Gasteiger partial charge on any atom is 0.201 e. The van der Waals surface area contributed by atoms with Crippen molar-refractivity contribution in [2.45, 2.75) is 6.73 Å². The van der Waals surface area contributed by atoms with Gasteiger partial charge in [0, 0.05) is 19.5 Å². The predicted molar refractivity (Wildman–Crippen MR) is 61.2 cm³/mol. The minimum absolute atomic E-state index is 0.476. The van der Waals surface area contributed by atoms with E-state index < -0.39 is 0 Å². The Bertz CT molecular complexity index is 642. The van der Waals surface area contributed by atoms with Gasteiger partial charge < -0.3 is 9.30 Å². The fourth-order valence-corrected chi connectivity index (χ4v) is 1.77. The molecular weight excluding hydrogens is 218 g/mol. The third-order valence-corrected chi connectivity index (χ3v) is 2.51. The third kappa shape index (κ3) is 1.58. The molecule has 3 aromatic rings. The Kier molecular flexibility index (Phi) is 2.34. The van der Waals surface area contributed by atoms with Crippen molar-refractivity contribution in [3.63, 3.8) is 0 Å². The molecule has 0 fully saturated rings. The van der Waals surface area contributed by atoms with Crippen LogP contribution in [0.4, 0.5) is 0 Å². The molecule has 0 saturated carbocycles. The van der Waals surface area contributed by atoms with Crippen LogP contribution in [-0.2, 0) is 11.5 Å². The van der Waals surface area contributed by atoms with Crippen molar-refractivity contribution < 1.29 is 4.74 Å². The summed E-state index contributed by atoms with van der Waals surface area (Å²) in [6, 6.07) is 7.61. The summed E-state index contributed by atoms with van der Waals surface area (Å²) in [6.07, 6.45) is 3.65. The van der Waals surface area contributed by atoms with Gasteiger partial charge in [-0.2, -0.15) is 9.61 Å². The molecule has 0 bridgehead atoms. The number of fused-ring (bicyclic) bond motifs is 1. The van der Waals surface area contributed by atoms with Gasteiger partial charge in [0.05, 0.1) is 5.69 Å². The van der Waals surface area contributed by atoms with Crippen LogP contribution in [0.5, 0.6) is 0 Å². The van der Waals surface area contributed by atoms with Crippen molar-refractivity contribution >= 4 is 5.65 Å². The minimum Gasteiger partial charge on any atom is -0.364 e. The number of rotatable bonds is 3. The van der Waals surface area contributed by atoms with Gasteiger partial charge in [-0.05, 0) is 24.3 Å². The lowest BCUT2D eigenvalue weighted by Crippen LogP contribution is -2.03. The highest BCUT2D eigenvalue weighted by Gasteiger charge is 2.11.